The maximum absolute atomic E-state index is 12.1. The molecule has 142 valence electrons. The van der Waals surface area contributed by atoms with Crippen molar-refractivity contribution in [3.05, 3.63) is 35.4 Å². The molecule has 0 heterocycles. The van der Waals surface area contributed by atoms with Crippen LogP contribution in [0.25, 0.3) is 0 Å². The van der Waals surface area contributed by atoms with Crippen molar-refractivity contribution in [3.63, 3.8) is 0 Å². The van der Waals surface area contributed by atoms with Gasteiger partial charge in [0.15, 0.2) is 5.78 Å². The van der Waals surface area contributed by atoms with Gasteiger partial charge in [-0.15, -0.1) is 0 Å². The Balaban J connectivity index is 1.85. The van der Waals surface area contributed by atoms with E-state index in [1.165, 1.54) is 5.56 Å². The zero-order valence-corrected chi connectivity index (χ0v) is 15.7. The van der Waals surface area contributed by atoms with Gasteiger partial charge < -0.3 is 9.47 Å². The van der Waals surface area contributed by atoms with Gasteiger partial charge in [0.05, 0.1) is 13.2 Å². The molecule has 0 unspecified atom stereocenters. The first-order valence-corrected chi connectivity index (χ1v) is 9.47. The maximum Gasteiger partial charge on any atom is 0.313 e. The van der Waals surface area contributed by atoms with Gasteiger partial charge >= 0.3 is 11.9 Å². The van der Waals surface area contributed by atoms with Crippen LogP contribution < -0.4 is 0 Å². The van der Waals surface area contributed by atoms with Gasteiger partial charge in [-0.1, -0.05) is 24.3 Å². The molecule has 1 aliphatic carbocycles. The second kappa shape index (κ2) is 10.1. The predicted octanol–water partition coefficient (Wildman–Crippen LogP) is 4.05. The highest BCUT2D eigenvalue weighted by Crippen LogP contribution is 2.37. The minimum Gasteiger partial charge on any atom is -0.466 e. The van der Waals surface area contributed by atoms with Crippen LogP contribution in [-0.4, -0.2) is 30.9 Å². The average molecular weight is 360 g/mol. The highest BCUT2D eigenvalue weighted by Gasteiger charge is 2.24. The lowest BCUT2D eigenvalue weighted by Crippen LogP contribution is -2.18. The molecule has 0 atom stereocenters. The summed E-state index contributed by atoms with van der Waals surface area (Å²) in [6.45, 7) is 4.27. The molecular weight excluding hydrogens is 332 g/mol. The van der Waals surface area contributed by atoms with Crippen LogP contribution in [0, 0.1) is 5.92 Å². The number of carbonyl (C=O) groups excluding carboxylic acids is 3. The van der Waals surface area contributed by atoms with Crippen LogP contribution in [0.15, 0.2) is 24.3 Å². The molecule has 1 fully saturated rings. The fourth-order valence-corrected chi connectivity index (χ4v) is 3.54. The highest BCUT2D eigenvalue weighted by atomic mass is 16.5. The van der Waals surface area contributed by atoms with Gasteiger partial charge in [0.25, 0.3) is 0 Å². The van der Waals surface area contributed by atoms with E-state index in [2.05, 4.69) is 0 Å². The zero-order chi connectivity index (χ0) is 18.9. The van der Waals surface area contributed by atoms with E-state index in [1.54, 1.807) is 19.1 Å². The average Bonchev–Trinajstić information content (AvgIpc) is 2.63. The minimum atomic E-state index is -0.485. The molecule has 0 aliphatic heterocycles. The van der Waals surface area contributed by atoms with Crippen molar-refractivity contribution in [2.24, 2.45) is 5.92 Å². The molecule has 0 N–H and O–H groups in total. The first-order valence-electron chi connectivity index (χ1n) is 9.47. The molecule has 0 bridgehead atoms. The summed E-state index contributed by atoms with van der Waals surface area (Å²) < 4.78 is 9.84. The number of carbonyl (C=O) groups is 3. The second-order valence-corrected chi connectivity index (χ2v) is 6.75. The van der Waals surface area contributed by atoms with E-state index >= 15 is 0 Å². The van der Waals surface area contributed by atoms with Crippen molar-refractivity contribution < 1.29 is 23.9 Å². The van der Waals surface area contributed by atoms with E-state index in [4.69, 9.17) is 9.47 Å². The number of esters is 2. The van der Waals surface area contributed by atoms with E-state index in [0.717, 1.165) is 25.7 Å². The molecule has 1 saturated carbocycles. The summed E-state index contributed by atoms with van der Waals surface area (Å²) >= 11 is 0. The number of rotatable bonds is 8. The molecule has 5 heteroatoms. The van der Waals surface area contributed by atoms with E-state index < -0.39 is 5.97 Å². The second-order valence-electron chi connectivity index (χ2n) is 6.75. The van der Waals surface area contributed by atoms with Crippen molar-refractivity contribution in [1.29, 1.82) is 0 Å². The first kappa shape index (κ1) is 20.1. The van der Waals surface area contributed by atoms with Gasteiger partial charge in [0, 0.05) is 12.0 Å². The van der Waals surface area contributed by atoms with Crippen molar-refractivity contribution in [2.75, 3.05) is 13.2 Å². The van der Waals surface area contributed by atoms with Gasteiger partial charge in [0.1, 0.15) is 6.42 Å². The largest absolute Gasteiger partial charge is 0.466 e. The summed E-state index contributed by atoms with van der Waals surface area (Å²) in [6.07, 6.45) is 4.43. The Bertz CT molecular complexity index is 612. The van der Waals surface area contributed by atoms with E-state index in [9.17, 15) is 14.4 Å². The van der Waals surface area contributed by atoms with E-state index in [1.807, 2.05) is 19.1 Å². The van der Waals surface area contributed by atoms with Gasteiger partial charge in [-0.3, -0.25) is 14.4 Å². The summed E-state index contributed by atoms with van der Waals surface area (Å²) in [5, 5.41) is 0. The maximum atomic E-state index is 12.1. The molecule has 2 rings (SSSR count). The molecule has 0 spiro atoms. The van der Waals surface area contributed by atoms with E-state index in [0.29, 0.717) is 30.4 Å². The monoisotopic (exact) mass is 360 g/mol. The van der Waals surface area contributed by atoms with Gasteiger partial charge in [-0.2, -0.15) is 0 Å². The summed E-state index contributed by atoms with van der Waals surface area (Å²) in [5.41, 5.74) is 1.75. The molecule has 0 saturated heterocycles. The van der Waals surface area contributed by atoms with Crippen LogP contribution in [0.1, 0.15) is 74.2 Å². The van der Waals surface area contributed by atoms with Crippen LogP contribution >= 0.6 is 0 Å². The van der Waals surface area contributed by atoms with E-state index in [-0.39, 0.29) is 24.8 Å². The summed E-state index contributed by atoms with van der Waals surface area (Å²) in [4.78, 5) is 35.1. The lowest BCUT2D eigenvalue weighted by molar-refractivity contribution is -0.144. The Morgan fingerprint density at radius 1 is 0.885 bits per heavy atom. The molecule has 1 aromatic carbocycles. The van der Waals surface area contributed by atoms with Crippen molar-refractivity contribution in [3.8, 4) is 0 Å². The fourth-order valence-electron chi connectivity index (χ4n) is 3.54. The number of benzene rings is 1. The van der Waals surface area contributed by atoms with Gasteiger partial charge in [0.2, 0.25) is 0 Å². The Morgan fingerprint density at radius 3 is 2.04 bits per heavy atom. The third kappa shape index (κ3) is 5.97. The molecule has 5 nitrogen and oxygen atoms in total. The van der Waals surface area contributed by atoms with Crippen molar-refractivity contribution in [1.82, 2.24) is 0 Å². The van der Waals surface area contributed by atoms with Crippen molar-refractivity contribution >= 4 is 17.7 Å². The molecule has 0 amide bonds. The quantitative estimate of drug-likeness (QED) is 0.397. The zero-order valence-electron chi connectivity index (χ0n) is 15.7. The summed E-state index contributed by atoms with van der Waals surface area (Å²) in [6, 6.07) is 7.55. The minimum absolute atomic E-state index is 0.0968. The summed E-state index contributed by atoms with van der Waals surface area (Å²) in [7, 11) is 0. The smallest absolute Gasteiger partial charge is 0.313 e. The van der Waals surface area contributed by atoms with Crippen LogP contribution in [0.2, 0.25) is 0 Å². The van der Waals surface area contributed by atoms with Crippen LogP contribution in [0.3, 0.4) is 0 Å². The van der Waals surface area contributed by atoms with Gasteiger partial charge in [-0.05, 0) is 56.9 Å². The predicted molar refractivity (Wildman–Crippen MR) is 98.0 cm³/mol. The lowest BCUT2D eigenvalue weighted by Gasteiger charge is -2.28. The number of ether oxygens (including phenoxy) is 2. The van der Waals surface area contributed by atoms with Crippen LogP contribution in [0.5, 0.6) is 0 Å². The molecule has 1 aliphatic rings. The molecule has 26 heavy (non-hydrogen) atoms. The SMILES string of the molecule is CCOC(=O)CC(=O)c1ccc([C@H]2CC[C@H](CC(=O)OCC)CC2)cc1. The van der Waals surface area contributed by atoms with Gasteiger partial charge in [-0.25, -0.2) is 0 Å². The third-order valence-electron chi connectivity index (χ3n) is 4.92. The lowest BCUT2D eigenvalue weighted by atomic mass is 9.77. The standard InChI is InChI=1S/C21H28O5/c1-3-25-20(23)13-15-5-7-16(8-6-15)17-9-11-18(12-10-17)19(22)14-21(24)26-4-2/h9-12,15-16H,3-8,13-14H2,1-2H3/t15-,16-. The topological polar surface area (TPSA) is 69.7 Å². The Hall–Kier alpha value is -2.17. The van der Waals surface area contributed by atoms with Crippen molar-refractivity contribution in [2.45, 2.75) is 58.3 Å². The Kier molecular flexibility index (Phi) is 7.82. The Morgan fingerprint density at radius 2 is 1.46 bits per heavy atom. The summed E-state index contributed by atoms with van der Waals surface area (Å²) in [5.74, 6) is 0.0773. The molecule has 0 radical (unpaired) electrons. The van der Waals surface area contributed by atoms with Crippen LogP contribution in [-0.2, 0) is 19.1 Å². The highest BCUT2D eigenvalue weighted by molar-refractivity contribution is 6.05. The normalized spacial score (nSPS) is 19.6. The molecular formula is C21H28O5. The number of hydrogen-bond acceptors (Lipinski definition) is 5. The Labute approximate surface area is 155 Å². The number of ketones is 1. The number of Topliss-reactive ketones (excluding diaryl/α,β-unsaturated/α-hetero) is 1. The number of hydrogen-bond donors (Lipinski definition) is 0. The third-order valence-corrected chi connectivity index (χ3v) is 4.92. The molecule has 0 aromatic heterocycles. The molecule has 1 aromatic rings. The van der Waals surface area contributed by atoms with Crippen LogP contribution in [0.4, 0.5) is 0 Å². The first-order chi connectivity index (χ1) is 12.5. The fraction of sp³-hybridized carbons (Fsp3) is 0.571.